The number of carbonyl (C=O) groups is 3. The number of benzene rings is 1. The van der Waals surface area contributed by atoms with Crippen molar-refractivity contribution in [3.05, 3.63) is 47.3 Å². The summed E-state index contributed by atoms with van der Waals surface area (Å²) in [5, 5.41) is 6.65. The second kappa shape index (κ2) is 4.55. The molecular weight excluding hydrogens is 272 g/mol. The van der Waals surface area contributed by atoms with Gasteiger partial charge in [0.1, 0.15) is 0 Å². The summed E-state index contributed by atoms with van der Waals surface area (Å²) in [6.07, 6.45) is 1.66. The van der Waals surface area contributed by atoms with Crippen LogP contribution in [0.5, 0.6) is 0 Å². The summed E-state index contributed by atoms with van der Waals surface area (Å²) < 4.78 is 1.52. The predicted octanol–water partition coefficient (Wildman–Crippen LogP) is 0.898. The summed E-state index contributed by atoms with van der Waals surface area (Å²) in [6.45, 7) is 0. The Labute approximate surface area is 120 Å². The van der Waals surface area contributed by atoms with Gasteiger partial charge in [-0.1, -0.05) is 0 Å². The topological polar surface area (TPSA) is 84.3 Å². The van der Waals surface area contributed by atoms with Gasteiger partial charge in [0.2, 0.25) is 0 Å². The molecule has 2 aromatic rings. The molecule has 1 aliphatic heterocycles. The van der Waals surface area contributed by atoms with Crippen LogP contribution in [0.4, 0.5) is 5.69 Å². The van der Waals surface area contributed by atoms with Crippen LogP contribution >= 0.6 is 0 Å². The molecule has 21 heavy (non-hydrogen) atoms. The molecule has 0 unspecified atom stereocenters. The number of fused-ring (bicyclic) bond motifs is 1. The highest BCUT2D eigenvalue weighted by Gasteiger charge is 2.32. The molecule has 2 heterocycles. The fourth-order valence-electron chi connectivity index (χ4n) is 2.17. The minimum atomic E-state index is -0.374. The van der Waals surface area contributed by atoms with Crippen LogP contribution in [0, 0.1) is 0 Å². The van der Waals surface area contributed by atoms with Gasteiger partial charge < -0.3 is 5.32 Å². The lowest BCUT2D eigenvalue weighted by molar-refractivity contribution is 0.0692. The molecule has 3 amide bonds. The SMILES string of the molecule is CN1C(=O)c2ccc(NC(=O)c3ccn(C)n3)cc2C1=O. The van der Waals surface area contributed by atoms with Crippen LogP contribution in [0.1, 0.15) is 31.2 Å². The Balaban J connectivity index is 1.87. The fourth-order valence-corrected chi connectivity index (χ4v) is 2.17. The van der Waals surface area contributed by atoms with E-state index in [2.05, 4.69) is 10.4 Å². The van der Waals surface area contributed by atoms with Crippen LogP contribution in [-0.4, -0.2) is 39.4 Å². The second-order valence-corrected chi connectivity index (χ2v) is 4.76. The first-order valence-electron chi connectivity index (χ1n) is 6.25. The molecule has 1 aliphatic rings. The van der Waals surface area contributed by atoms with Crippen LogP contribution in [0.2, 0.25) is 0 Å². The van der Waals surface area contributed by atoms with Crippen molar-refractivity contribution in [2.75, 3.05) is 12.4 Å². The van der Waals surface area contributed by atoms with E-state index in [1.165, 1.54) is 23.9 Å². The minimum Gasteiger partial charge on any atom is -0.321 e. The lowest BCUT2D eigenvalue weighted by atomic mass is 10.1. The van der Waals surface area contributed by atoms with Gasteiger partial charge in [-0.05, 0) is 24.3 Å². The largest absolute Gasteiger partial charge is 0.321 e. The molecule has 0 atom stereocenters. The van der Waals surface area contributed by atoms with E-state index in [9.17, 15) is 14.4 Å². The highest BCUT2D eigenvalue weighted by atomic mass is 16.2. The van der Waals surface area contributed by atoms with E-state index < -0.39 is 0 Å². The van der Waals surface area contributed by atoms with E-state index in [1.807, 2.05) is 0 Å². The van der Waals surface area contributed by atoms with Gasteiger partial charge in [-0.15, -0.1) is 0 Å². The molecule has 0 radical (unpaired) electrons. The number of aryl methyl sites for hydroxylation is 1. The maximum Gasteiger partial charge on any atom is 0.276 e. The molecule has 0 aliphatic carbocycles. The van der Waals surface area contributed by atoms with Crippen molar-refractivity contribution in [2.45, 2.75) is 0 Å². The normalized spacial score (nSPS) is 13.5. The van der Waals surface area contributed by atoms with Gasteiger partial charge in [-0.3, -0.25) is 24.0 Å². The zero-order valence-corrected chi connectivity index (χ0v) is 11.5. The van der Waals surface area contributed by atoms with Crippen molar-refractivity contribution in [1.29, 1.82) is 0 Å². The number of carbonyl (C=O) groups excluding carboxylic acids is 3. The molecule has 7 heteroatoms. The van der Waals surface area contributed by atoms with Crippen molar-refractivity contribution >= 4 is 23.4 Å². The molecule has 0 spiro atoms. The Morgan fingerprint density at radius 1 is 1.10 bits per heavy atom. The first kappa shape index (κ1) is 13.0. The van der Waals surface area contributed by atoms with Gasteiger partial charge in [0.25, 0.3) is 17.7 Å². The van der Waals surface area contributed by atoms with Gasteiger partial charge in [0.05, 0.1) is 11.1 Å². The summed E-state index contributed by atoms with van der Waals surface area (Å²) >= 11 is 0. The van der Waals surface area contributed by atoms with Crippen molar-refractivity contribution < 1.29 is 14.4 Å². The molecule has 1 aromatic carbocycles. The van der Waals surface area contributed by atoms with Gasteiger partial charge in [0, 0.05) is 26.0 Å². The van der Waals surface area contributed by atoms with E-state index in [0.717, 1.165) is 4.90 Å². The molecule has 3 rings (SSSR count). The molecule has 0 saturated heterocycles. The predicted molar refractivity (Wildman–Crippen MR) is 74.0 cm³/mol. The maximum atomic E-state index is 12.0. The summed E-state index contributed by atoms with van der Waals surface area (Å²) in [6, 6.07) is 6.21. The zero-order valence-electron chi connectivity index (χ0n) is 11.5. The molecule has 1 aromatic heterocycles. The first-order valence-corrected chi connectivity index (χ1v) is 6.25. The van der Waals surface area contributed by atoms with Crippen LogP contribution in [-0.2, 0) is 7.05 Å². The third-order valence-corrected chi connectivity index (χ3v) is 3.29. The molecule has 0 fully saturated rings. The number of hydrogen-bond acceptors (Lipinski definition) is 4. The molecule has 0 saturated carbocycles. The van der Waals surface area contributed by atoms with E-state index >= 15 is 0 Å². The molecule has 106 valence electrons. The summed E-state index contributed by atoms with van der Waals surface area (Å²) in [5.41, 5.74) is 1.36. The molecule has 7 nitrogen and oxygen atoms in total. The van der Waals surface area contributed by atoms with Crippen molar-refractivity contribution in [1.82, 2.24) is 14.7 Å². The molecule has 1 N–H and O–H groups in total. The van der Waals surface area contributed by atoms with Gasteiger partial charge in [0.15, 0.2) is 5.69 Å². The van der Waals surface area contributed by atoms with Crippen LogP contribution in [0.3, 0.4) is 0 Å². The number of amides is 3. The number of aromatic nitrogens is 2. The van der Waals surface area contributed by atoms with E-state index in [1.54, 1.807) is 25.4 Å². The second-order valence-electron chi connectivity index (χ2n) is 4.76. The lowest BCUT2D eigenvalue weighted by Crippen LogP contribution is -2.24. The Morgan fingerprint density at radius 3 is 2.48 bits per heavy atom. The Morgan fingerprint density at radius 2 is 1.81 bits per heavy atom. The standard InChI is InChI=1S/C14H12N4O3/c1-17-6-5-11(16-17)12(19)15-8-3-4-9-10(7-8)14(21)18(2)13(9)20/h3-7H,1-2H3,(H,15,19). The summed E-state index contributed by atoms with van der Waals surface area (Å²) in [7, 11) is 3.14. The first-order chi connectivity index (χ1) is 9.97. The summed E-state index contributed by atoms with van der Waals surface area (Å²) in [4.78, 5) is 36.7. The number of rotatable bonds is 2. The van der Waals surface area contributed by atoms with Crippen LogP contribution in [0.15, 0.2) is 30.5 Å². The minimum absolute atomic E-state index is 0.275. The van der Waals surface area contributed by atoms with Crippen LogP contribution in [0.25, 0.3) is 0 Å². The average molecular weight is 284 g/mol. The zero-order chi connectivity index (χ0) is 15.1. The Bertz CT molecular complexity index is 778. The summed E-state index contributed by atoms with van der Waals surface area (Å²) in [5.74, 6) is -1.08. The van der Waals surface area contributed by atoms with Crippen molar-refractivity contribution in [3.63, 3.8) is 0 Å². The third-order valence-electron chi connectivity index (χ3n) is 3.29. The Kier molecular flexibility index (Phi) is 2.83. The molecule has 0 bridgehead atoms. The maximum absolute atomic E-state index is 12.0. The average Bonchev–Trinajstić information content (AvgIpc) is 2.98. The highest BCUT2D eigenvalue weighted by molar-refractivity contribution is 6.21. The third kappa shape index (κ3) is 2.08. The quantitative estimate of drug-likeness (QED) is 0.830. The monoisotopic (exact) mass is 284 g/mol. The van der Waals surface area contributed by atoms with Crippen LogP contribution < -0.4 is 5.32 Å². The lowest BCUT2D eigenvalue weighted by Gasteiger charge is -2.04. The van der Waals surface area contributed by atoms with E-state index in [4.69, 9.17) is 0 Å². The van der Waals surface area contributed by atoms with Gasteiger partial charge in [-0.25, -0.2) is 0 Å². The fraction of sp³-hybridized carbons (Fsp3) is 0.143. The van der Waals surface area contributed by atoms with E-state index in [-0.39, 0.29) is 23.4 Å². The number of nitrogens with zero attached hydrogens (tertiary/aromatic N) is 3. The van der Waals surface area contributed by atoms with E-state index in [0.29, 0.717) is 16.8 Å². The number of nitrogens with one attached hydrogen (secondary N) is 1. The number of anilines is 1. The van der Waals surface area contributed by atoms with Gasteiger partial charge in [-0.2, -0.15) is 5.10 Å². The smallest absolute Gasteiger partial charge is 0.276 e. The number of hydrogen-bond donors (Lipinski definition) is 1. The van der Waals surface area contributed by atoms with Crippen molar-refractivity contribution in [3.8, 4) is 0 Å². The molecular formula is C14H12N4O3. The highest BCUT2D eigenvalue weighted by Crippen LogP contribution is 2.24. The number of imide groups is 1. The van der Waals surface area contributed by atoms with Crippen molar-refractivity contribution in [2.24, 2.45) is 7.05 Å². The Hall–Kier alpha value is -2.96. The van der Waals surface area contributed by atoms with Gasteiger partial charge >= 0.3 is 0 Å².